The van der Waals surface area contributed by atoms with E-state index in [0.717, 1.165) is 18.7 Å². The Morgan fingerprint density at radius 2 is 1.80 bits per heavy atom. The van der Waals surface area contributed by atoms with Crippen LogP contribution in [-0.4, -0.2) is 46.9 Å². The summed E-state index contributed by atoms with van der Waals surface area (Å²) < 4.78 is 0. The first-order valence-corrected chi connectivity index (χ1v) is 9.08. The molecule has 0 unspecified atom stereocenters. The first-order valence-electron chi connectivity index (χ1n) is 9.08. The molecular formula is C21H25N3O. The Morgan fingerprint density at radius 1 is 1.12 bits per heavy atom. The maximum atomic E-state index is 12.9. The van der Waals surface area contributed by atoms with Crippen LogP contribution in [0.2, 0.25) is 0 Å². The van der Waals surface area contributed by atoms with Crippen LogP contribution in [0.1, 0.15) is 47.3 Å². The molecule has 1 aliphatic carbocycles. The first kappa shape index (κ1) is 16.3. The van der Waals surface area contributed by atoms with Crippen molar-refractivity contribution < 1.29 is 4.79 Å². The lowest BCUT2D eigenvalue weighted by atomic mass is 9.93. The molecule has 1 saturated heterocycles. The third-order valence-electron chi connectivity index (χ3n) is 5.95. The van der Waals surface area contributed by atoms with E-state index in [1.165, 1.54) is 11.1 Å². The molecule has 2 heterocycles. The Bertz CT molecular complexity index is 774. The Morgan fingerprint density at radius 3 is 2.48 bits per heavy atom. The second kappa shape index (κ2) is 6.26. The number of carbonyl (C=O) groups excluding carboxylic acids is 1. The van der Waals surface area contributed by atoms with Gasteiger partial charge in [0.05, 0.1) is 0 Å². The summed E-state index contributed by atoms with van der Waals surface area (Å²) in [5.41, 5.74) is 3.61. The number of amides is 1. The van der Waals surface area contributed by atoms with Crippen LogP contribution in [-0.2, 0) is 0 Å². The molecule has 3 atom stereocenters. The Balaban J connectivity index is 1.65. The van der Waals surface area contributed by atoms with Crippen LogP contribution < -0.4 is 0 Å². The van der Waals surface area contributed by atoms with Crippen molar-refractivity contribution in [3.8, 4) is 0 Å². The highest BCUT2D eigenvalue weighted by Gasteiger charge is 2.48. The summed E-state index contributed by atoms with van der Waals surface area (Å²) in [6, 6.07) is 13.3. The van der Waals surface area contributed by atoms with Crippen molar-refractivity contribution in [2.45, 2.75) is 31.8 Å². The molecule has 0 saturated carbocycles. The van der Waals surface area contributed by atoms with Crippen molar-refractivity contribution in [3.63, 3.8) is 0 Å². The molecule has 2 aromatic rings. The first-order chi connectivity index (χ1) is 12.1. The topological polar surface area (TPSA) is 36.4 Å². The molecule has 1 aromatic carbocycles. The SMILES string of the molecule is CC(C)N(C)[C@H]1c2ccccc2[C@@H]2CN(C(=O)c3ccncc3)C[C@@H]21. The summed E-state index contributed by atoms with van der Waals surface area (Å²) in [4.78, 5) is 21.4. The number of aromatic nitrogens is 1. The smallest absolute Gasteiger partial charge is 0.253 e. The van der Waals surface area contributed by atoms with Crippen molar-refractivity contribution in [2.24, 2.45) is 5.92 Å². The maximum absolute atomic E-state index is 12.9. The van der Waals surface area contributed by atoms with E-state index >= 15 is 0 Å². The molecule has 1 amide bonds. The number of benzene rings is 1. The highest BCUT2D eigenvalue weighted by molar-refractivity contribution is 5.94. The van der Waals surface area contributed by atoms with Gasteiger partial charge >= 0.3 is 0 Å². The summed E-state index contributed by atoms with van der Waals surface area (Å²) in [5.74, 6) is 1.03. The molecule has 0 spiro atoms. The van der Waals surface area contributed by atoms with Crippen molar-refractivity contribution in [1.82, 2.24) is 14.8 Å². The maximum Gasteiger partial charge on any atom is 0.253 e. The molecule has 130 valence electrons. The van der Waals surface area contributed by atoms with E-state index in [9.17, 15) is 4.79 Å². The van der Waals surface area contributed by atoms with E-state index in [0.29, 0.717) is 23.9 Å². The predicted octanol–water partition coefficient (Wildman–Crippen LogP) is 3.33. The molecule has 4 heteroatoms. The van der Waals surface area contributed by atoms with Gasteiger partial charge < -0.3 is 4.90 Å². The van der Waals surface area contributed by atoms with Gasteiger partial charge in [-0.1, -0.05) is 24.3 Å². The fourth-order valence-corrected chi connectivity index (χ4v) is 4.51. The van der Waals surface area contributed by atoms with Crippen LogP contribution in [0.15, 0.2) is 48.8 Å². The number of pyridine rings is 1. The fraction of sp³-hybridized carbons (Fsp3) is 0.429. The van der Waals surface area contributed by atoms with Crippen LogP contribution in [0.4, 0.5) is 0 Å². The summed E-state index contributed by atoms with van der Waals surface area (Å²) in [5, 5.41) is 0. The Kier molecular flexibility index (Phi) is 4.08. The molecular weight excluding hydrogens is 310 g/mol. The van der Waals surface area contributed by atoms with Gasteiger partial charge in [0.25, 0.3) is 5.91 Å². The predicted molar refractivity (Wildman–Crippen MR) is 98.5 cm³/mol. The minimum absolute atomic E-state index is 0.125. The second-order valence-corrected chi connectivity index (χ2v) is 7.55. The molecule has 1 aromatic heterocycles. The fourth-order valence-electron chi connectivity index (χ4n) is 4.51. The lowest BCUT2D eigenvalue weighted by molar-refractivity contribution is 0.0768. The van der Waals surface area contributed by atoms with Crippen molar-refractivity contribution >= 4 is 5.91 Å². The van der Waals surface area contributed by atoms with Crippen LogP contribution in [0.25, 0.3) is 0 Å². The molecule has 4 rings (SSSR count). The van der Waals surface area contributed by atoms with Gasteiger partial charge in [-0.2, -0.15) is 0 Å². The number of fused-ring (bicyclic) bond motifs is 3. The summed E-state index contributed by atoms with van der Waals surface area (Å²) in [7, 11) is 2.21. The third kappa shape index (κ3) is 2.65. The molecule has 0 bridgehead atoms. The highest BCUT2D eigenvalue weighted by Crippen LogP contribution is 2.51. The number of hydrogen-bond donors (Lipinski definition) is 0. The summed E-state index contributed by atoms with van der Waals surface area (Å²) in [6.07, 6.45) is 3.38. The van der Waals surface area contributed by atoms with E-state index in [1.807, 2.05) is 17.0 Å². The standard InChI is InChI=1S/C21H25N3O/c1-14(2)23(3)20-17-7-5-4-6-16(17)18-12-24(13-19(18)20)21(25)15-8-10-22-11-9-15/h4-11,14,18-20H,12-13H2,1-3H3/t18-,19-,20-/m0/s1. The summed E-state index contributed by atoms with van der Waals surface area (Å²) >= 11 is 0. The molecule has 25 heavy (non-hydrogen) atoms. The Hall–Kier alpha value is -2.20. The van der Waals surface area contributed by atoms with Gasteiger partial charge in [0, 0.05) is 55.0 Å². The zero-order valence-corrected chi connectivity index (χ0v) is 15.1. The molecule has 0 N–H and O–H groups in total. The van der Waals surface area contributed by atoms with Gasteiger partial charge in [-0.15, -0.1) is 0 Å². The van der Waals surface area contributed by atoms with Gasteiger partial charge in [-0.05, 0) is 44.2 Å². The van der Waals surface area contributed by atoms with E-state index in [1.54, 1.807) is 12.4 Å². The normalized spacial score (nSPS) is 24.7. The average Bonchev–Trinajstić information content (AvgIpc) is 3.18. The molecule has 1 fully saturated rings. The summed E-state index contributed by atoms with van der Waals surface area (Å²) in [6.45, 7) is 6.11. The van der Waals surface area contributed by atoms with Gasteiger partial charge in [0.1, 0.15) is 0 Å². The average molecular weight is 335 g/mol. The van der Waals surface area contributed by atoms with E-state index in [2.05, 4.69) is 55.0 Å². The number of nitrogens with zero attached hydrogens (tertiary/aromatic N) is 3. The quantitative estimate of drug-likeness (QED) is 0.863. The number of likely N-dealkylation sites (tertiary alicyclic amines) is 1. The lowest BCUT2D eigenvalue weighted by Gasteiger charge is -2.33. The minimum atomic E-state index is 0.125. The van der Waals surface area contributed by atoms with Crippen molar-refractivity contribution in [3.05, 3.63) is 65.5 Å². The zero-order valence-electron chi connectivity index (χ0n) is 15.1. The van der Waals surface area contributed by atoms with Crippen molar-refractivity contribution in [2.75, 3.05) is 20.1 Å². The Labute approximate surface area is 149 Å². The van der Waals surface area contributed by atoms with Crippen LogP contribution in [0, 0.1) is 5.92 Å². The minimum Gasteiger partial charge on any atom is -0.338 e. The molecule has 2 aliphatic rings. The van der Waals surface area contributed by atoms with Crippen LogP contribution in [0.5, 0.6) is 0 Å². The van der Waals surface area contributed by atoms with Gasteiger partial charge in [-0.3, -0.25) is 14.7 Å². The zero-order chi connectivity index (χ0) is 17.6. The number of hydrogen-bond acceptors (Lipinski definition) is 3. The lowest BCUT2D eigenvalue weighted by Crippen LogP contribution is -2.36. The molecule has 1 aliphatic heterocycles. The second-order valence-electron chi connectivity index (χ2n) is 7.55. The number of carbonyl (C=O) groups is 1. The van der Waals surface area contributed by atoms with Gasteiger partial charge in [-0.25, -0.2) is 0 Å². The molecule has 4 nitrogen and oxygen atoms in total. The molecule has 0 radical (unpaired) electrons. The highest BCUT2D eigenvalue weighted by atomic mass is 16.2. The van der Waals surface area contributed by atoms with E-state index < -0.39 is 0 Å². The monoisotopic (exact) mass is 335 g/mol. The van der Waals surface area contributed by atoms with Crippen LogP contribution in [0.3, 0.4) is 0 Å². The number of rotatable bonds is 3. The van der Waals surface area contributed by atoms with Crippen LogP contribution >= 0.6 is 0 Å². The van der Waals surface area contributed by atoms with E-state index in [4.69, 9.17) is 0 Å². The van der Waals surface area contributed by atoms with E-state index in [-0.39, 0.29) is 5.91 Å². The third-order valence-corrected chi connectivity index (χ3v) is 5.95. The van der Waals surface area contributed by atoms with Gasteiger partial charge in [0.15, 0.2) is 0 Å². The van der Waals surface area contributed by atoms with Crippen molar-refractivity contribution in [1.29, 1.82) is 0 Å². The largest absolute Gasteiger partial charge is 0.338 e. The van der Waals surface area contributed by atoms with Gasteiger partial charge in [0.2, 0.25) is 0 Å².